The van der Waals surface area contributed by atoms with Crippen LogP contribution >= 0.6 is 0 Å². The highest BCUT2D eigenvalue weighted by molar-refractivity contribution is 5.98. The predicted octanol–water partition coefficient (Wildman–Crippen LogP) is 4.45. The average Bonchev–Trinajstić information content (AvgIpc) is 2.71. The van der Waals surface area contributed by atoms with Gasteiger partial charge >= 0.3 is 0 Å². The quantitative estimate of drug-likeness (QED) is 0.677. The maximum atomic E-state index is 14.7. The van der Waals surface area contributed by atoms with Crippen LogP contribution in [0, 0.1) is 17.1 Å². The van der Waals surface area contributed by atoms with Crippen LogP contribution in [-0.2, 0) is 6.42 Å². The molecule has 0 unspecified atom stereocenters. The fourth-order valence-electron chi connectivity index (χ4n) is 4.48. The number of hydrogen-bond acceptors (Lipinski definition) is 3. The number of nitrogens with zero attached hydrogens (tertiary/aromatic N) is 1. The maximum Gasteiger partial charge on any atom is 0.254 e. The van der Waals surface area contributed by atoms with Crippen LogP contribution in [0.25, 0.3) is 11.1 Å². The van der Waals surface area contributed by atoms with E-state index in [0.29, 0.717) is 42.0 Å². The van der Waals surface area contributed by atoms with Gasteiger partial charge in [0, 0.05) is 48.5 Å². The Labute approximate surface area is 182 Å². The van der Waals surface area contributed by atoms with Gasteiger partial charge in [-0.2, -0.15) is 0 Å². The molecular formula is C25H28FN3O2. The van der Waals surface area contributed by atoms with E-state index in [2.05, 4.69) is 5.32 Å². The molecule has 0 saturated heterocycles. The normalized spacial score (nSPS) is 17.0. The van der Waals surface area contributed by atoms with E-state index in [-0.39, 0.29) is 23.4 Å². The number of amides is 2. The van der Waals surface area contributed by atoms with Gasteiger partial charge in [0.25, 0.3) is 11.8 Å². The molecule has 0 aromatic heterocycles. The van der Waals surface area contributed by atoms with Crippen molar-refractivity contribution in [2.75, 3.05) is 13.6 Å². The zero-order chi connectivity index (χ0) is 22.1. The van der Waals surface area contributed by atoms with E-state index in [1.807, 2.05) is 17.9 Å². The molecule has 1 aliphatic carbocycles. The molecule has 6 heteroatoms. The summed E-state index contributed by atoms with van der Waals surface area (Å²) >= 11 is 0. The molecule has 2 N–H and O–H groups in total. The molecule has 2 aromatic carbocycles. The Morgan fingerprint density at radius 1 is 1.23 bits per heavy atom. The fourth-order valence-corrected chi connectivity index (χ4v) is 4.48. The topological polar surface area (TPSA) is 73.3 Å². The summed E-state index contributed by atoms with van der Waals surface area (Å²) in [4.78, 5) is 26.7. The second-order valence-corrected chi connectivity index (χ2v) is 8.60. The molecule has 2 aliphatic rings. The third kappa shape index (κ3) is 4.11. The van der Waals surface area contributed by atoms with Crippen LogP contribution in [0.1, 0.15) is 58.9 Å². The van der Waals surface area contributed by atoms with Crippen molar-refractivity contribution in [3.8, 4) is 11.1 Å². The van der Waals surface area contributed by atoms with Gasteiger partial charge in [-0.15, -0.1) is 0 Å². The van der Waals surface area contributed by atoms with Crippen LogP contribution in [-0.4, -0.2) is 42.1 Å². The van der Waals surface area contributed by atoms with E-state index >= 15 is 0 Å². The number of fused-ring (bicyclic) bond motifs is 1. The Hall–Kier alpha value is -3.02. The lowest BCUT2D eigenvalue weighted by Crippen LogP contribution is -2.45. The zero-order valence-corrected chi connectivity index (χ0v) is 18.0. The van der Waals surface area contributed by atoms with E-state index in [1.54, 1.807) is 24.3 Å². The van der Waals surface area contributed by atoms with Crippen molar-refractivity contribution in [2.24, 2.45) is 5.92 Å². The molecule has 162 valence electrons. The summed E-state index contributed by atoms with van der Waals surface area (Å²) in [5.41, 5.74) is 3.71. The van der Waals surface area contributed by atoms with E-state index in [0.717, 1.165) is 24.1 Å². The Morgan fingerprint density at radius 2 is 1.97 bits per heavy atom. The van der Waals surface area contributed by atoms with Gasteiger partial charge in [0.2, 0.25) is 0 Å². The van der Waals surface area contributed by atoms with Crippen LogP contribution in [0.15, 0.2) is 36.4 Å². The maximum absolute atomic E-state index is 14.7. The molecule has 2 amide bonds. The molecular weight excluding hydrogens is 393 g/mol. The van der Waals surface area contributed by atoms with Gasteiger partial charge in [-0.3, -0.25) is 9.59 Å². The summed E-state index contributed by atoms with van der Waals surface area (Å²) in [6.45, 7) is 2.63. The van der Waals surface area contributed by atoms with Crippen molar-refractivity contribution in [3.63, 3.8) is 0 Å². The number of nitrogens with one attached hydrogen (secondary N) is 2. The monoisotopic (exact) mass is 421 g/mol. The summed E-state index contributed by atoms with van der Waals surface area (Å²) in [7, 11) is 1.51. The summed E-state index contributed by atoms with van der Waals surface area (Å²) < 4.78 is 14.7. The summed E-state index contributed by atoms with van der Waals surface area (Å²) in [5, 5.41) is 10.8. The molecule has 2 aromatic rings. The average molecular weight is 422 g/mol. The molecule has 1 saturated carbocycles. The fraction of sp³-hybridized carbons (Fsp3) is 0.400. The number of halogens is 1. The van der Waals surface area contributed by atoms with Gasteiger partial charge in [-0.1, -0.05) is 24.6 Å². The second-order valence-electron chi connectivity index (χ2n) is 8.60. The highest BCUT2D eigenvalue weighted by Gasteiger charge is 2.31. The number of benzene rings is 2. The molecule has 5 nitrogen and oxygen atoms in total. The highest BCUT2D eigenvalue weighted by atomic mass is 19.1. The Morgan fingerprint density at radius 3 is 2.61 bits per heavy atom. The first kappa shape index (κ1) is 21.2. The Balaban J connectivity index is 1.52. The lowest BCUT2D eigenvalue weighted by atomic mass is 9.79. The molecule has 0 bridgehead atoms. The minimum Gasteiger partial charge on any atom is -0.355 e. The number of carbonyl (C=O) groups excluding carboxylic acids is 2. The third-order valence-electron chi connectivity index (χ3n) is 6.63. The van der Waals surface area contributed by atoms with Gasteiger partial charge < -0.3 is 15.6 Å². The lowest BCUT2D eigenvalue weighted by Gasteiger charge is -2.36. The first-order valence-electron chi connectivity index (χ1n) is 10.9. The smallest absolute Gasteiger partial charge is 0.254 e. The van der Waals surface area contributed by atoms with Gasteiger partial charge in [-0.05, 0) is 61.4 Å². The van der Waals surface area contributed by atoms with Crippen molar-refractivity contribution in [3.05, 3.63) is 58.9 Å². The second kappa shape index (κ2) is 8.61. The van der Waals surface area contributed by atoms with Crippen LogP contribution in [0.3, 0.4) is 0 Å². The van der Waals surface area contributed by atoms with Gasteiger partial charge in [-0.25, -0.2) is 4.39 Å². The van der Waals surface area contributed by atoms with Crippen LogP contribution < -0.4 is 5.32 Å². The molecule has 1 heterocycles. The number of hydrogen-bond donors (Lipinski definition) is 2. The summed E-state index contributed by atoms with van der Waals surface area (Å²) in [5.74, 6) is -0.409. The molecule has 0 spiro atoms. The van der Waals surface area contributed by atoms with Gasteiger partial charge in [0.1, 0.15) is 5.82 Å². The van der Waals surface area contributed by atoms with Crippen molar-refractivity contribution in [1.29, 1.82) is 5.41 Å². The number of carbonyl (C=O) groups is 2. The van der Waals surface area contributed by atoms with Gasteiger partial charge in [0.05, 0.1) is 0 Å². The van der Waals surface area contributed by atoms with E-state index in [1.165, 1.54) is 19.5 Å². The predicted molar refractivity (Wildman–Crippen MR) is 119 cm³/mol. The lowest BCUT2D eigenvalue weighted by molar-refractivity contribution is 0.0678. The molecule has 0 radical (unpaired) electrons. The van der Waals surface area contributed by atoms with E-state index in [9.17, 15) is 14.0 Å². The SMILES string of the molecule is CNC(=O)c1ccc(-c2ccc3c(c2)CCN([C@H](C)CC(=N)C2CCC2)C3=O)c(F)c1. The molecule has 1 fully saturated rings. The summed E-state index contributed by atoms with van der Waals surface area (Å²) in [6.07, 6.45) is 4.74. The third-order valence-corrected chi connectivity index (χ3v) is 6.63. The molecule has 1 atom stereocenters. The van der Waals surface area contributed by atoms with Gasteiger partial charge in [0.15, 0.2) is 0 Å². The van der Waals surface area contributed by atoms with Crippen molar-refractivity contribution >= 4 is 17.5 Å². The molecule has 4 rings (SSSR count). The Kier molecular flexibility index (Phi) is 5.90. The number of rotatable bonds is 6. The largest absolute Gasteiger partial charge is 0.355 e. The highest BCUT2D eigenvalue weighted by Crippen LogP contribution is 2.32. The molecule has 1 aliphatic heterocycles. The van der Waals surface area contributed by atoms with Crippen molar-refractivity contribution in [1.82, 2.24) is 10.2 Å². The van der Waals surface area contributed by atoms with E-state index in [4.69, 9.17) is 5.41 Å². The summed E-state index contributed by atoms with van der Waals surface area (Å²) in [6, 6.07) is 9.86. The zero-order valence-electron chi connectivity index (χ0n) is 18.0. The van der Waals surface area contributed by atoms with Crippen LogP contribution in [0.2, 0.25) is 0 Å². The van der Waals surface area contributed by atoms with Crippen molar-refractivity contribution in [2.45, 2.75) is 45.1 Å². The minimum atomic E-state index is -0.465. The van der Waals surface area contributed by atoms with Crippen LogP contribution in [0.4, 0.5) is 4.39 Å². The molecule has 31 heavy (non-hydrogen) atoms. The standard InChI is InChI=1S/C25H28FN3O2/c1-15(12-23(27)16-4-3-5-16)29-11-10-18-13-17(6-9-21(18)25(29)31)20-8-7-19(14-22(20)26)24(30)28-2/h6-9,13-16,27H,3-5,10-12H2,1-2H3,(H,28,30)/t15-/m1/s1. The van der Waals surface area contributed by atoms with Crippen molar-refractivity contribution < 1.29 is 14.0 Å². The van der Waals surface area contributed by atoms with E-state index < -0.39 is 5.82 Å². The first-order valence-corrected chi connectivity index (χ1v) is 10.9. The Bertz CT molecular complexity index is 1050. The first-order chi connectivity index (χ1) is 14.9. The minimum absolute atomic E-state index is 0.00290. The van der Waals surface area contributed by atoms with Crippen LogP contribution in [0.5, 0.6) is 0 Å².